The van der Waals surface area contributed by atoms with Crippen molar-refractivity contribution in [1.82, 2.24) is 10.2 Å². The largest absolute Gasteiger partial charge is 0.443 e. The maximum Gasteiger partial charge on any atom is 0.407 e. The first-order valence-corrected chi connectivity index (χ1v) is 9.96. The van der Waals surface area contributed by atoms with Gasteiger partial charge in [-0.05, 0) is 30.5 Å². The van der Waals surface area contributed by atoms with E-state index in [1.807, 2.05) is 0 Å². The molecule has 1 aromatic carbocycles. The van der Waals surface area contributed by atoms with Crippen LogP contribution in [-0.4, -0.2) is 60.2 Å². The van der Waals surface area contributed by atoms with Gasteiger partial charge in [0.1, 0.15) is 0 Å². The molecule has 0 saturated heterocycles. The Balaban J connectivity index is 1.71. The molecule has 0 aromatic heterocycles. The zero-order valence-electron chi connectivity index (χ0n) is 16.9. The molecule has 1 aromatic rings. The van der Waals surface area contributed by atoms with Crippen LogP contribution in [0.1, 0.15) is 47.2 Å². The van der Waals surface area contributed by atoms with Gasteiger partial charge in [0, 0.05) is 17.7 Å². The highest BCUT2D eigenvalue weighted by molar-refractivity contribution is 6.04. The molecule has 1 fully saturated rings. The fourth-order valence-corrected chi connectivity index (χ4v) is 3.93. The lowest BCUT2D eigenvalue weighted by molar-refractivity contribution is 0.0412. The van der Waals surface area contributed by atoms with Gasteiger partial charge in [-0.3, -0.25) is 15.6 Å². The summed E-state index contributed by atoms with van der Waals surface area (Å²) in [6.45, 7) is -0.776. The Kier molecular flexibility index (Phi) is 7.31. The van der Waals surface area contributed by atoms with E-state index in [0.717, 1.165) is 12.8 Å². The maximum absolute atomic E-state index is 13.1. The average Bonchev–Trinajstić information content (AvgIpc) is 3.08. The van der Waals surface area contributed by atoms with E-state index in [1.165, 1.54) is 12.1 Å². The molecule has 1 aliphatic carbocycles. The quantitative estimate of drug-likeness (QED) is 0.344. The molecule has 1 aliphatic heterocycles. The summed E-state index contributed by atoms with van der Waals surface area (Å²) in [5.74, 6) is -2.40. The van der Waals surface area contributed by atoms with E-state index in [-0.39, 0.29) is 29.6 Å². The Morgan fingerprint density at radius 1 is 1.19 bits per heavy atom. The summed E-state index contributed by atoms with van der Waals surface area (Å²) in [5.41, 5.74) is 0.988. The molecule has 12 heteroatoms. The fraction of sp³-hybridized carbons (Fsp3) is 0.500. The fourth-order valence-electron chi connectivity index (χ4n) is 3.93. The summed E-state index contributed by atoms with van der Waals surface area (Å²) in [4.78, 5) is 26.5. The minimum atomic E-state index is -3.16. The molecular formula is C20H22F4N4O4. The molecule has 1 saturated carbocycles. The first kappa shape index (κ1) is 23.5. The van der Waals surface area contributed by atoms with Crippen molar-refractivity contribution < 1.29 is 36.6 Å². The van der Waals surface area contributed by atoms with Gasteiger partial charge in [-0.2, -0.15) is 8.78 Å². The van der Waals surface area contributed by atoms with Crippen molar-refractivity contribution in [2.75, 3.05) is 6.61 Å². The number of amides is 2. The number of rotatable bonds is 6. The number of ether oxygens (including phenoxy) is 2. The number of nitrogens with one attached hydrogen (secondary N) is 3. The summed E-state index contributed by atoms with van der Waals surface area (Å²) >= 11 is 0. The normalized spacial score (nSPS) is 20.3. The van der Waals surface area contributed by atoms with E-state index in [1.54, 1.807) is 11.0 Å². The summed E-state index contributed by atoms with van der Waals surface area (Å²) in [7, 11) is 0. The van der Waals surface area contributed by atoms with Crippen molar-refractivity contribution in [2.45, 2.75) is 57.2 Å². The van der Waals surface area contributed by atoms with E-state index in [2.05, 4.69) is 14.8 Å². The molecule has 3 N–H and O–H groups in total. The molecule has 0 bridgehead atoms. The number of hydrogen-bond acceptors (Lipinski definition) is 6. The van der Waals surface area contributed by atoms with Gasteiger partial charge in [-0.15, -0.1) is 0 Å². The number of hydrogen-bond donors (Lipinski definition) is 3. The van der Waals surface area contributed by atoms with Crippen LogP contribution in [0.4, 0.5) is 22.4 Å². The Morgan fingerprint density at radius 2 is 1.91 bits per heavy atom. The van der Waals surface area contributed by atoms with Gasteiger partial charge >= 0.3 is 12.5 Å². The third kappa shape index (κ3) is 5.35. The first-order valence-electron chi connectivity index (χ1n) is 9.96. The number of carbonyl (C=O) groups excluding carboxylic acids is 2. The second-order valence-corrected chi connectivity index (χ2v) is 7.49. The Morgan fingerprint density at radius 3 is 2.59 bits per heavy atom. The van der Waals surface area contributed by atoms with Gasteiger partial charge in [0.2, 0.25) is 5.90 Å². The summed E-state index contributed by atoms with van der Waals surface area (Å²) < 4.78 is 58.5. The second kappa shape index (κ2) is 9.96. The van der Waals surface area contributed by atoms with Crippen LogP contribution in [0.2, 0.25) is 0 Å². The third-order valence-electron chi connectivity index (χ3n) is 5.39. The summed E-state index contributed by atoms with van der Waals surface area (Å²) in [5, 5.41) is 17.4. The molecule has 2 atom stereocenters. The molecule has 1 heterocycles. The highest BCUT2D eigenvalue weighted by atomic mass is 19.3. The van der Waals surface area contributed by atoms with Crippen LogP contribution < -0.4 is 5.32 Å². The van der Waals surface area contributed by atoms with Crippen LogP contribution in [0.3, 0.4) is 0 Å². The zero-order valence-corrected chi connectivity index (χ0v) is 16.9. The molecule has 1 unspecified atom stereocenters. The topological polar surface area (TPSA) is 116 Å². The SMILES string of the molecule is N=C(OC(=N)C(F)F)c1ccc2c(c1)C(=O)N(C1CCCC[C@H]1NC(=O)OCC(F)F)C2. The molecule has 174 valence electrons. The van der Waals surface area contributed by atoms with Crippen LogP contribution >= 0.6 is 0 Å². The van der Waals surface area contributed by atoms with Crippen molar-refractivity contribution in [3.63, 3.8) is 0 Å². The number of nitrogens with zero attached hydrogens (tertiary/aromatic N) is 1. The molecule has 2 aliphatic rings. The van der Waals surface area contributed by atoms with Crippen molar-refractivity contribution in [3.8, 4) is 0 Å². The van der Waals surface area contributed by atoms with Crippen LogP contribution in [0.5, 0.6) is 0 Å². The third-order valence-corrected chi connectivity index (χ3v) is 5.39. The monoisotopic (exact) mass is 458 g/mol. The number of halogens is 4. The molecular weight excluding hydrogens is 436 g/mol. The van der Waals surface area contributed by atoms with E-state index >= 15 is 0 Å². The minimum absolute atomic E-state index is 0.0678. The number of carbonyl (C=O) groups is 2. The van der Waals surface area contributed by atoms with Crippen LogP contribution in [0.15, 0.2) is 18.2 Å². The molecule has 32 heavy (non-hydrogen) atoms. The van der Waals surface area contributed by atoms with Crippen molar-refractivity contribution in [1.29, 1.82) is 10.8 Å². The maximum atomic E-state index is 13.1. The van der Waals surface area contributed by atoms with Crippen LogP contribution in [-0.2, 0) is 16.0 Å². The summed E-state index contributed by atoms with van der Waals surface area (Å²) in [6, 6.07) is 3.51. The Bertz CT molecular complexity index is 912. The standard InChI is InChI=1S/C20H22F4N4O4/c21-15(22)9-31-20(30)27-13-3-1-2-4-14(13)28-8-11-6-5-10(7-12(11)19(28)29)17(25)32-18(26)16(23)24/h5-7,13-16,25-26H,1-4,8-9H2,(H,27,30)/t13-,14?/m1/s1. The molecule has 8 nitrogen and oxygen atoms in total. The lowest BCUT2D eigenvalue weighted by atomic mass is 9.89. The minimum Gasteiger partial charge on any atom is -0.443 e. The van der Waals surface area contributed by atoms with Crippen molar-refractivity contribution >= 4 is 23.8 Å². The van der Waals surface area contributed by atoms with Crippen LogP contribution in [0, 0.1) is 10.8 Å². The highest BCUT2D eigenvalue weighted by Crippen LogP contribution is 2.32. The van der Waals surface area contributed by atoms with Crippen molar-refractivity contribution in [3.05, 3.63) is 34.9 Å². The molecule has 0 spiro atoms. The van der Waals surface area contributed by atoms with E-state index in [0.29, 0.717) is 18.4 Å². The Labute approximate surface area is 180 Å². The van der Waals surface area contributed by atoms with Gasteiger partial charge in [-0.1, -0.05) is 18.9 Å². The number of alkyl carbamates (subject to hydrolysis) is 1. The van der Waals surface area contributed by atoms with Crippen molar-refractivity contribution in [2.24, 2.45) is 0 Å². The predicted molar refractivity (Wildman–Crippen MR) is 104 cm³/mol. The van der Waals surface area contributed by atoms with Gasteiger partial charge in [0.05, 0.1) is 12.1 Å². The second-order valence-electron chi connectivity index (χ2n) is 7.49. The number of benzene rings is 1. The van der Waals surface area contributed by atoms with Gasteiger partial charge in [0.25, 0.3) is 18.2 Å². The van der Waals surface area contributed by atoms with E-state index in [9.17, 15) is 27.2 Å². The van der Waals surface area contributed by atoms with E-state index < -0.39 is 43.4 Å². The predicted octanol–water partition coefficient (Wildman–Crippen LogP) is 3.53. The van der Waals surface area contributed by atoms with Crippen LogP contribution in [0.25, 0.3) is 0 Å². The van der Waals surface area contributed by atoms with E-state index in [4.69, 9.17) is 10.8 Å². The van der Waals surface area contributed by atoms with Gasteiger partial charge < -0.3 is 19.7 Å². The molecule has 2 amide bonds. The van der Waals surface area contributed by atoms with Gasteiger partial charge in [-0.25, -0.2) is 13.6 Å². The lowest BCUT2D eigenvalue weighted by Gasteiger charge is -2.38. The number of fused-ring (bicyclic) bond motifs is 1. The average molecular weight is 458 g/mol. The van der Waals surface area contributed by atoms with Gasteiger partial charge in [0.15, 0.2) is 6.61 Å². The molecule has 0 radical (unpaired) electrons. The lowest BCUT2D eigenvalue weighted by Crippen LogP contribution is -2.53. The molecule has 3 rings (SSSR count). The zero-order chi connectivity index (χ0) is 23.4. The smallest absolute Gasteiger partial charge is 0.407 e. The highest BCUT2D eigenvalue weighted by Gasteiger charge is 2.39. The Hall–Kier alpha value is -3.18. The first-order chi connectivity index (χ1) is 15.2. The summed E-state index contributed by atoms with van der Waals surface area (Å²) in [6.07, 6.45) is -4.16. The number of alkyl halides is 4.